The molecule has 2 nitrogen and oxygen atoms in total. The number of nitrogens with zero attached hydrogens (tertiary/aromatic N) is 1. The molecular weight excluding hydrogens is 180 g/mol. The molecule has 1 heterocycles. The summed E-state index contributed by atoms with van der Waals surface area (Å²) in [7, 11) is 0. The smallest absolute Gasteiger partial charge is 0.0789 e. The van der Waals surface area contributed by atoms with Gasteiger partial charge in [-0.3, -0.25) is 0 Å². The molecule has 1 aromatic carbocycles. The Kier molecular flexibility index (Phi) is 2.13. The number of anilines is 1. The summed E-state index contributed by atoms with van der Waals surface area (Å²) in [6.07, 6.45) is 1.11. The van der Waals surface area contributed by atoms with Crippen molar-refractivity contribution < 1.29 is 0 Å². The maximum Gasteiger partial charge on any atom is 0.0789 e. The van der Waals surface area contributed by atoms with Crippen LogP contribution in [0.1, 0.15) is 11.1 Å². The first-order valence-corrected chi connectivity index (χ1v) is 4.68. The summed E-state index contributed by atoms with van der Waals surface area (Å²) in [4.78, 5) is 4.01. The monoisotopic (exact) mass is 190 g/mol. The van der Waals surface area contributed by atoms with Crippen molar-refractivity contribution in [3.8, 4) is 0 Å². The summed E-state index contributed by atoms with van der Waals surface area (Å²) in [5.41, 5.74) is 4.70. The molecule has 0 aromatic heterocycles. The zero-order chi connectivity index (χ0) is 9.26. The lowest BCUT2D eigenvalue weighted by Crippen LogP contribution is -1.92. The van der Waals surface area contributed by atoms with Crippen LogP contribution < -0.4 is 5.32 Å². The van der Waals surface area contributed by atoms with Crippen LogP contribution in [0, 0.1) is 6.92 Å². The quantitative estimate of drug-likeness (QED) is 0.544. The number of benzene rings is 1. The maximum atomic E-state index is 4.58. The fourth-order valence-corrected chi connectivity index (χ4v) is 1.80. The molecule has 0 aliphatic carbocycles. The molecule has 0 saturated heterocycles. The van der Waals surface area contributed by atoms with Gasteiger partial charge in [-0.25, -0.2) is 0 Å². The van der Waals surface area contributed by atoms with Crippen LogP contribution in [0.4, 0.5) is 11.4 Å². The first kappa shape index (κ1) is 8.42. The van der Waals surface area contributed by atoms with Crippen LogP contribution >= 0.6 is 12.2 Å². The van der Waals surface area contributed by atoms with Gasteiger partial charge < -0.3 is 5.32 Å². The van der Waals surface area contributed by atoms with E-state index >= 15 is 0 Å². The standard InChI is InChI=1S/C10H10N2S/c1-7-9(12-6-13)3-2-8-4-5-11-10(7)8/h2-3,11H,4-5H2,1H3. The molecule has 0 bridgehead atoms. The largest absolute Gasteiger partial charge is 0.384 e. The topological polar surface area (TPSA) is 24.4 Å². The van der Waals surface area contributed by atoms with Gasteiger partial charge in [-0.05, 0) is 42.8 Å². The summed E-state index contributed by atoms with van der Waals surface area (Å²) < 4.78 is 0. The van der Waals surface area contributed by atoms with E-state index in [1.54, 1.807) is 0 Å². The minimum absolute atomic E-state index is 0.920. The van der Waals surface area contributed by atoms with Gasteiger partial charge in [-0.15, -0.1) is 0 Å². The van der Waals surface area contributed by atoms with E-state index in [0.717, 1.165) is 18.7 Å². The van der Waals surface area contributed by atoms with Crippen LogP contribution in [-0.4, -0.2) is 11.7 Å². The molecule has 3 heteroatoms. The molecule has 0 unspecified atom stereocenters. The average Bonchev–Trinajstić information content (AvgIpc) is 2.58. The number of isothiocyanates is 1. The Morgan fingerprint density at radius 2 is 2.38 bits per heavy atom. The summed E-state index contributed by atoms with van der Waals surface area (Å²) in [5.74, 6) is 0. The van der Waals surface area contributed by atoms with E-state index < -0.39 is 0 Å². The Bertz CT molecular complexity index is 392. The van der Waals surface area contributed by atoms with Gasteiger partial charge in [0.1, 0.15) is 0 Å². The van der Waals surface area contributed by atoms with Crippen molar-refractivity contribution in [2.45, 2.75) is 13.3 Å². The molecule has 0 amide bonds. The lowest BCUT2D eigenvalue weighted by molar-refractivity contribution is 1.11. The highest BCUT2D eigenvalue weighted by Gasteiger charge is 2.13. The van der Waals surface area contributed by atoms with Crippen molar-refractivity contribution in [3.05, 3.63) is 23.3 Å². The molecule has 66 valence electrons. The Morgan fingerprint density at radius 3 is 3.15 bits per heavy atom. The van der Waals surface area contributed by atoms with Crippen LogP contribution in [0.5, 0.6) is 0 Å². The Balaban J connectivity index is 2.58. The maximum absolute atomic E-state index is 4.58. The molecule has 0 fully saturated rings. The number of rotatable bonds is 1. The number of aliphatic imine (C=N–C) groups is 1. The average molecular weight is 190 g/mol. The van der Waals surface area contributed by atoms with Gasteiger partial charge in [-0.2, -0.15) is 4.99 Å². The van der Waals surface area contributed by atoms with Gasteiger partial charge in [0.05, 0.1) is 10.8 Å². The van der Waals surface area contributed by atoms with Gasteiger partial charge in [0.15, 0.2) is 0 Å². The van der Waals surface area contributed by atoms with Crippen LogP contribution in [0.15, 0.2) is 17.1 Å². The number of nitrogens with one attached hydrogen (secondary N) is 1. The van der Waals surface area contributed by atoms with E-state index in [0.29, 0.717) is 0 Å². The molecule has 0 radical (unpaired) electrons. The molecule has 13 heavy (non-hydrogen) atoms. The predicted molar refractivity (Wildman–Crippen MR) is 58.1 cm³/mol. The highest BCUT2D eigenvalue weighted by atomic mass is 32.1. The third kappa shape index (κ3) is 1.37. The molecule has 0 atom stereocenters. The van der Waals surface area contributed by atoms with Crippen LogP contribution in [0.25, 0.3) is 0 Å². The van der Waals surface area contributed by atoms with Gasteiger partial charge in [0.25, 0.3) is 0 Å². The minimum atomic E-state index is 0.920. The van der Waals surface area contributed by atoms with Crippen molar-refractivity contribution in [3.63, 3.8) is 0 Å². The van der Waals surface area contributed by atoms with Crippen molar-refractivity contribution in [2.24, 2.45) is 4.99 Å². The summed E-state index contributed by atoms with van der Waals surface area (Å²) in [6, 6.07) is 4.11. The van der Waals surface area contributed by atoms with Crippen LogP contribution in [0.3, 0.4) is 0 Å². The predicted octanol–water partition coefficient (Wildman–Crippen LogP) is 2.70. The number of hydrogen-bond acceptors (Lipinski definition) is 3. The van der Waals surface area contributed by atoms with E-state index in [2.05, 4.69) is 40.7 Å². The van der Waals surface area contributed by atoms with Crippen LogP contribution in [0.2, 0.25) is 0 Å². The third-order valence-electron chi connectivity index (χ3n) is 2.38. The van der Waals surface area contributed by atoms with Crippen molar-refractivity contribution >= 4 is 28.8 Å². The van der Waals surface area contributed by atoms with Gasteiger partial charge in [0, 0.05) is 12.2 Å². The second-order valence-corrected chi connectivity index (χ2v) is 3.31. The van der Waals surface area contributed by atoms with Crippen molar-refractivity contribution in [2.75, 3.05) is 11.9 Å². The zero-order valence-electron chi connectivity index (χ0n) is 7.42. The minimum Gasteiger partial charge on any atom is -0.384 e. The second-order valence-electron chi connectivity index (χ2n) is 3.12. The molecule has 0 saturated carbocycles. The number of hydrogen-bond donors (Lipinski definition) is 1. The normalized spacial score (nSPS) is 13.0. The lowest BCUT2D eigenvalue weighted by atomic mass is 10.1. The van der Waals surface area contributed by atoms with Gasteiger partial charge >= 0.3 is 0 Å². The summed E-state index contributed by atoms with van der Waals surface area (Å²) >= 11 is 4.58. The third-order valence-corrected chi connectivity index (χ3v) is 2.48. The Morgan fingerprint density at radius 1 is 1.54 bits per heavy atom. The molecule has 1 aromatic rings. The number of fused-ring (bicyclic) bond motifs is 1. The van der Waals surface area contributed by atoms with Crippen LogP contribution in [-0.2, 0) is 6.42 Å². The summed E-state index contributed by atoms with van der Waals surface area (Å²) in [6.45, 7) is 3.09. The fourth-order valence-electron chi connectivity index (χ4n) is 1.70. The highest BCUT2D eigenvalue weighted by Crippen LogP contribution is 2.32. The highest BCUT2D eigenvalue weighted by molar-refractivity contribution is 7.78. The fraction of sp³-hybridized carbons (Fsp3) is 0.300. The lowest BCUT2D eigenvalue weighted by Gasteiger charge is -2.05. The molecule has 1 aliphatic rings. The molecule has 1 aliphatic heterocycles. The Hall–Kier alpha value is -1.18. The zero-order valence-corrected chi connectivity index (χ0v) is 8.24. The number of thiocarbonyl (C=S) groups is 1. The first-order valence-electron chi connectivity index (χ1n) is 4.27. The van der Waals surface area contributed by atoms with Gasteiger partial charge in [0.2, 0.25) is 0 Å². The first-order chi connectivity index (χ1) is 6.33. The van der Waals surface area contributed by atoms with Gasteiger partial charge in [-0.1, -0.05) is 6.07 Å². The SMILES string of the molecule is Cc1c(N=C=S)ccc2c1NCC2. The van der Waals surface area contributed by atoms with E-state index in [1.807, 2.05) is 6.07 Å². The van der Waals surface area contributed by atoms with E-state index in [-0.39, 0.29) is 0 Å². The van der Waals surface area contributed by atoms with E-state index in [9.17, 15) is 0 Å². The Labute approximate surface area is 82.7 Å². The molecular formula is C10H10N2S. The van der Waals surface area contributed by atoms with E-state index in [4.69, 9.17) is 0 Å². The van der Waals surface area contributed by atoms with Crippen molar-refractivity contribution in [1.29, 1.82) is 0 Å². The molecule has 1 N–H and O–H groups in total. The summed E-state index contributed by atoms with van der Waals surface area (Å²) in [5, 5.41) is 5.74. The molecule has 2 rings (SSSR count). The van der Waals surface area contributed by atoms with Crippen molar-refractivity contribution in [1.82, 2.24) is 0 Å². The molecule has 0 spiro atoms. The van der Waals surface area contributed by atoms with E-state index in [1.165, 1.54) is 16.8 Å². The second kappa shape index (κ2) is 3.29.